The Morgan fingerprint density at radius 1 is 1.19 bits per heavy atom. The summed E-state index contributed by atoms with van der Waals surface area (Å²) in [6.45, 7) is 1.98. The van der Waals surface area contributed by atoms with Gasteiger partial charge in [-0.05, 0) is 42.8 Å². The van der Waals surface area contributed by atoms with Crippen LogP contribution in [-0.4, -0.2) is 21.4 Å². The van der Waals surface area contributed by atoms with Crippen molar-refractivity contribution in [2.75, 3.05) is 11.6 Å². The first kappa shape index (κ1) is 18.8. The van der Waals surface area contributed by atoms with Crippen LogP contribution in [0, 0.1) is 6.92 Å². The zero-order chi connectivity index (χ0) is 18.5. The van der Waals surface area contributed by atoms with Crippen molar-refractivity contribution >= 4 is 45.5 Å². The molecular formula is C19H18N2O2S3. The number of aromatic nitrogens is 1. The second-order valence-electron chi connectivity index (χ2n) is 5.67. The van der Waals surface area contributed by atoms with Crippen LogP contribution in [0.15, 0.2) is 68.0 Å². The number of thiazole rings is 1. The smallest absolute Gasteiger partial charge is 0.228 e. The lowest BCUT2D eigenvalue weighted by Gasteiger charge is -2.09. The largest absolute Gasteiger partial charge is 0.326 e. The van der Waals surface area contributed by atoms with Crippen molar-refractivity contribution < 1.29 is 9.00 Å². The Balaban J connectivity index is 1.62. The Morgan fingerprint density at radius 2 is 1.92 bits per heavy atom. The van der Waals surface area contributed by atoms with Crippen molar-refractivity contribution in [2.45, 2.75) is 27.5 Å². The van der Waals surface area contributed by atoms with E-state index in [-0.39, 0.29) is 12.3 Å². The Kier molecular flexibility index (Phi) is 6.24. The van der Waals surface area contributed by atoms with Gasteiger partial charge in [-0.2, -0.15) is 0 Å². The molecule has 0 aliphatic rings. The molecule has 0 bridgehead atoms. The number of hydrogen-bond donors (Lipinski definition) is 1. The summed E-state index contributed by atoms with van der Waals surface area (Å²) in [6.07, 6.45) is 1.82. The van der Waals surface area contributed by atoms with Gasteiger partial charge in [0.25, 0.3) is 0 Å². The van der Waals surface area contributed by atoms with Crippen molar-refractivity contribution in [3.63, 3.8) is 0 Å². The molecule has 0 saturated heterocycles. The molecule has 7 heteroatoms. The van der Waals surface area contributed by atoms with Crippen molar-refractivity contribution in [3.05, 3.63) is 65.2 Å². The van der Waals surface area contributed by atoms with Crippen LogP contribution < -0.4 is 5.32 Å². The van der Waals surface area contributed by atoms with Gasteiger partial charge in [-0.15, -0.1) is 11.3 Å². The predicted octanol–water partition coefficient (Wildman–Crippen LogP) is 4.52. The van der Waals surface area contributed by atoms with Crippen LogP contribution in [0.25, 0.3) is 0 Å². The summed E-state index contributed by atoms with van der Waals surface area (Å²) in [5.41, 5.74) is 2.55. The van der Waals surface area contributed by atoms with Crippen LogP contribution in [0.5, 0.6) is 0 Å². The highest BCUT2D eigenvalue weighted by atomic mass is 32.2. The maximum absolute atomic E-state index is 12.3. The molecule has 0 unspecified atom stereocenters. The number of nitrogens with one attached hydrogen (secondary N) is 1. The van der Waals surface area contributed by atoms with Gasteiger partial charge < -0.3 is 5.32 Å². The molecule has 1 atom stereocenters. The molecule has 0 spiro atoms. The monoisotopic (exact) mass is 402 g/mol. The van der Waals surface area contributed by atoms with E-state index >= 15 is 0 Å². The molecule has 0 radical (unpaired) electrons. The summed E-state index contributed by atoms with van der Waals surface area (Å²) < 4.78 is 12.8. The molecule has 1 aromatic heterocycles. The maximum atomic E-state index is 12.3. The molecule has 26 heavy (non-hydrogen) atoms. The number of benzene rings is 2. The topological polar surface area (TPSA) is 59.1 Å². The summed E-state index contributed by atoms with van der Waals surface area (Å²) in [7, 11) is -1.11. The van der Waals surface area contributed by atoms with E-state index < -0.39 is 10.8 Å². The second-order valence-corrected chi connectivity index (χ2v) is 9.19. The van der Waals surface area contributed by atoms with Crippen LogP contribution in [0.3, 0.4) is 0 Å². The zero-order valence-corrected chi connectivity index (χ0v) is 16.8. The molecule has 0 saturated carbocycles. The van der Waals surface area contributed by atoms with Gasteiger partial charge in [0.1, 0.15) is 0 Å². The highest BCUT2D eigenvalue weighted by molar-refractivity contribution is 8.01. The SMILES string of the molecule is Cc1csc(Sc2ccc(NC(=O)Cc3ccccc3[S@](C)=O)cc2)n1. The Morgan fingerprint density at radius 3 is 2.58 bits per heavy atom. The van der Waals surface area contributed by atoms with Crippen molar-refractivity contribution in [1.29, 1.82) is 0 Å². The van der Waals surface area contributed by atoms with Gasteiger partial charge in [-0.1, -0.05) is 30.0 Å². The van der Waals surface area contributed by atoms with E-state index in [1.54, 1.807) is 35.4 Å². The number of nitrogens with zero attached hydrogens (tertiary/aromatic N) is 1. The van der Waals surface area contributed by atoms with Crippen molar-refractivity contribution in [1.82, 2.24) is 4.98 Å². The molecule has 134 valence electrons. The molecule has 2 aromatic carbocycles. The molecule has 1 N–H and O–H groups in total. The number of amides is 1. The van der Waals surface area contributed by atoms with Gasteiger partial charge in [0.05, 0.1) is 17.2 Å². The fraction of sp³-hybridized carbons (Fsp3) is 0.158. The van der Waals surface area contributed by atoms with Gasteiger partial charge in [-0.25, -0.2) is 4.98 Å². The van der Waals surface area contributed by atoms with Crippen LogP contribution in [-0.2, 0) is 22.0 Å². The van der Waals surface area contributed by atoms with Gasteiger partial charge in [0.15, 0.2) is 4.34 Å². The van der Waals surface area contributed by atoms with E-state index in [4.69, 9.17) is 0 Å². The molecule has 4 nitrogen and oxygen atoms in total. The summed E-state index contributed by atoms with van der Waals surface area (Å²) >= 11 is 3.23. The summed E-state index contributed by atoms with van der Waals surface area (Å²) in [6, 6.07) is 15.0. The van der Waals surface area contributed by atoms with Crippen LogP contribution in [0.2, 0.25) is 0 Å². The highest BCUT2D eigenvalue weighted by Gasteiger charge is 2.10. The average Bonchev–Trinajstić information content (AvgIpc) is 3.02. The minimum absolute atomic E-state index is 0.126. The Bertz CT molecular complexity index is 936. The molecule has 0 aliphatic heterocycles. The number of aryl methyl sites for hydroxylation is 1. The Hall–Kier alpha value is -1.96. The van der Waals surface area contributed by atoms with E-state index in [1.165, 1.54) is 0 Å². The standard InChI is InChI=1S/C19H18N2O2S3/c1-13-12-24-19(20-13)25-16-9-7-15(8-10-16)21-18(22)11-14-5-3-4-6-17(14)26(2)23/h3-10,12H,11H2,1-2H3,(H,21,22)/t26-/m0/s1. The summed E-state index contributed by atoms with van der Waals surface area (Å²) in [5, 5.41) is 4.92. The minimum atomic E-state index is -1.11. The molecule has 1 heterocycles. The Labute approximate surface area is 163 Å². The molecule has 1 amide bonds. The van der Waals surface area contributed by atoms with E-state index in [0.717, 1.165) is 26.2 Å². The van der Waals surface area contributed by atoms with Crippen molar-refractivity contribution in [3.8, 4) is 0 Å². The number of anilines is 1. The number of rotatable bonds is 6. The first-order chi connectivity index (χ1) is 12.5. The molecule has 0 fully saturated rings. The maximum Gasteiger partial charge on any atom is 0.228 e. The molecule has 0 aliphatic carbocycles. The third kappa shape index (κ3) is 5.03. The minimum Gasteiger partial charge on any atom is -0.326 e. The first-order valence-corrected chi connectivity index (χ1v) is 11.2. The number of carbonyl (C=O) groups is 1. The van der Waals surface area contributed by atoms with Gasteiger partial charge >= 0.3 is 0 Å². The molecular weight excluding hydrogens is 384 g/mol. The normalized spacial score (nSPS) is 11.9. The second kappa shape index (κ2) is 8.62. The fourth-order valence-corrected chi connectivity index (χ4v) is 4.98. The van der Waals surface area contributed by atoms with Gasteiger partial charge in [-0.3, -0.25) is 9.00 Å². The van der Waals surface area contributed by atoms with E-state index in [9.17, 15) is 9.00 Å². The van der Waals surface area contributed by atoms with E-state index in [1.807, 2.05) is 54.8 Å². The van der Waals surface area contributed by atoms with E-state index in [0.29, 0.717) is 4.90 Å². The summed E-state index contributed by atoms with van der Waals surface area (Å²) in [4.78, 5) is 18.5. The first-order valence-electron chi connectivity index (χ1n) is 7.92. The zero-order valence-electron chi connectivity index (χ0n) is 14.4. The lowest BCUT2D eigenvalue weighted by molar-refractivity contribution is -0.115. The number of carbonyl (C=O) groups excluding carboxylic acids is 1. The van der Waals surface area contributed by atoms with Gasteiger partial charge in [0, 0.05) is 32.8 Å². The fourth-order valence-electron chi connectivity index (χ4n) is 2.39. The molecule has 3 aromatic rings. The lowest BCUT2D eigenvalue weighted by atomic mass is 10.1. The number of hydrogen-bond acceptors (Lipinski definition) is 5. The lowest BCUT2D eigenvalue weighted by Crippen LogP contribution is -2.15. The summed E-state index contributed by atoms with van der Waals surface area (Å²) in [5.74, 6) is -0.126. The van der Waals surface area contributed by atoms with Crippen LogP contribution in [0.1, 0.15) is 11.3 Å². The van der Waals surface area contributed by atoms with E-state index in [2.05, 4.69) is 10.3 Å². The van der Waals surface area contributed by atoms with Crippen LogP contribution in [0.4, 0.5) is 5.69 Å². The molecule has 3 rings (SSSR count). The third-order valence-electron chi connectivity index (χ3n) is 3.57. The van der Waals surface area contributed by atoms with Gasteiger partial charge in [0.2, 0.25) is 5.91 Å². The quantitative estimate of drug-likeness (QED) is 0.658. The third-order valence-corrected chi connectivity index (χ3v) is 6.66. The van der Waals surface area contributed by atoms with Crippen molar-refractivity contribution in [2.24, 2.45) is 0 Å². The van der Waals surface area contributed by atoms with Crippen LogP contribution >= 0.6 is 23.1 Å². The predicted molar refractivity (Wildman–Crippen MR) is 109 cm³/mol. The average molecular weight is 403 g/mol. The highest BCUT2D eigenvalue weighted by Crippen LogP contribution is 2.30.